The summed E-state index contributed by atoms with van der Waals surface area (Å²) >= 11 is 6.10. The number of likely N-dealkylation sites (N-methyl/N-ethyl adjacent to an activating group) is 2. The zero-order chi connectivity index (χ0) is 14.0. The highest BCUT2D eigenvalue weighted by molar-refractivity contribution is 6.34. The Hall–Kier alpha value is -1.26. The lowest BCUT2D eigenvalue weighted by atomic mass is 10.0. The molecule has 1 aromatic carbocycles. The van der Waals surface area contributed by atoms with Gasteiger partial charge in [-0.1, -0.05) is 11.6 Å². The fourth-order valence-corrected chi connectivity index (χ4v) is 2.79. The minimum Gasteiger partial charge on any atom is -0.399 e. The van der Waals surface area contributed by atoms with Crippen LogP contribution < -0.4 is 5.73 Å². The van der Waals surface area contributed by atoms with Gasteiger partial charge in [0.1, 0.15) is 0 Å². The molecule has 0 aromatic heterocycles. The second-order valence-electron chi connectivity index (χ2n) is 5.21. The van der Waals surface area contributed by atoms with Crippen LogP contribution in [0.3, 0.4) is 0 Å². The van der Waals surface area contributed by atoms with Crippen molar-refractivity contribution in [2.24, 2.45) is 0 Å². The number of piperidine rings is 1. The predicted molar refractivity (Wildman–Crippen MR) is 78.5 cm³/mol. The number of carbonyl (C=O) groups is 1. The molecule has 1 aromatic rings. The van der Waals surface area contributed by atoms with Gasteiger partial charge in [0, 0.05) is 25.3 Å². The molecule has 0 bridgehead atoms. The van der Waals surface area contributed by atoms with Crippen LogP contribution in [0.5, 0.6) is 0 Å². The van der Waals surface area contributed by atoms with Gasteiger partial charge in [-0.15, -0.1) is 0 Å². The molecule has 1 atom stereocenters. The summed E-state index contributed by atoms with van der Waals surface area (Å²) in [5.41, 5.74) is 6.74. The van der Waals surface area contributed by atoms with Gasteiger partial charge in [-0.2, -0.15) is 0 Å². The number of carbonyl (C=O) groups excluding carboxylic acids is 1. The molecule has 5 heteroatoms. The summed E-state index contributed by atoms with van der Waals surface area (Å²) in [5.74, 6) is -0.0368. The third-order valence-corrected chi connectivity index (χ3v) is 4.00. The molecule has 0 spiro atoms. The Balaban J connectivity index is 2.14. The van der Waals surface area contributed by atoms with Crippen molar-refractivity contribution in [2.75, 3.05) is 32.9 Å². The molecule has 1 heterocycles. The smallest absolute Gasteiger partial charge is 0.255 e. The molecular weight excluding hydrogens is 262 g/mol. The Morgan fingerprint density at radius 3 is 2.89 bits per heavy atom. The van der Waals surface area contributed by atoms with Crippen LogP contribution in [0, 0.1) is 0 Å². The van der Waals surface area contributed by atoms with Crippen LogP contribution in [0.1, 0.15) is 23.2 Å². The van der Waals surface area contributed by atoms with E-state index >= 15 is 0 Å². The maximum absolute atomic E-state index is 12.5. The van der Waals surface area contributed by atoms with Crippen molar-refractivity contribution in [2.45, 2.75) is 18.9 Å². The van der Waals surface area contributed by atoms with E-state index in [0.29, 0.717) is 16.3 Å². The molecule has 0 radical (unpaired) electrons. The molecule has 1 fully saturated rings. The molecule has 1 amide bonds. The lowest BCUT2D eigenvalue weighted by Crippen LogP contribution is -2.47. The highest BCUT2D eigenvalue weighted by Crippen LogP contribution is 2.22. The van der Waals surface area contributed by atoms with Crippen molar-refractivity contribution in [1.82, 2.24) is 9.80 Å². The SMILES string of the molecule is CN1CCCC(N(C)C(=O)c2ccc(N)cc2Cl)C1. The lowest BCUT2D eigenvalue weighted by molar-refractivity contribution is 0.0644. The van der Waals surface area contributed by atoms with E-state index in [1.165, 1.54) is 0 Å². The van der Waals surface area contributed by atoms with Gasteiger partial charge in [-0.3, -0.25) is 4.79 Å². The molecule has 2 rings (SSSR count). The van der Waals surface area contributed by atoms with Gasteiger partial charge in [0.25, 0.3) is 5.91 Å². The van der Waals surface area contributed by atoms with Crippen molar-refractivity contribution in [1.29, 1.82) is 0 Å². The fourth-order valence-electron chi connectivity index (χ4n) is 2.52. The van der Waals surface area contributed by atoms with E-state index in [1.54, 1.807) is 23.1 Å². The van der Waals surface area contributed by atoms with Gasteiger partial charge in [-0.25, -0.2) is 0 Å². The van der Waals surface area contributed by atoms with E-state index in [1.807, 2.05) is 7.05 Å². The molecule has 4 nitrogen and oxygen atoms in total. The van der Waals surface area contributed by atoms with Crippen LogP contribution in [-0.2, 0) is 0 Å². The van der Waals surface area contributed by atoms with Gasteiger partial charge in [0.2, 0.25) is 0 Å². The molecule has 1 unspecified atom stereocenters. The average Bonchev–Trinajstić information content (AvgIpc) is 2.37. The first-order chi connectivity index (χ1) is 8.99. The number of amides is 1. The Kier molecular flexibility index (Phi) is 4.32. The number of rotatable bonds is 2. The van der Waals surface area contributed by atoms with E-state index < -0.39 is 0 Å². The highest BCUT2D eigenvalue weighted by atomic mass is 35.5. The van der Waals surface area contributed by atoms with E-state index in [9.17, 15) is 4.79 Å². The lowest BCUT2D eigenvalue weighted by Gasteiger charge is -2.36. The quantitative estimate of drug-likeness (QED) is 0.845. The van der Waals surface area contributed by atoms with Crippen LogP contribution in [0.2, 0.25) is 5.02 Å². The van der Waals surface area contributed by atoms with Gasteiger partial charge >= 0.3 is 0 Å². The third-order valence-electron chi connectivity index (χ3n) is 3.69. The molecule has 2 N–H and O–H groups in total. The Morgan fingerprint density at radius 1 is 1.53 bits per heavy atom. The van der Waals surface area contributed by atoms with E-state index in [-0.39, 0.29) is 11.9 Å². The van der Waals surface area contributed by atoms with Gasteiger partial charge in [0.15, 0.2) is 0 Å². The molecule has 1 aliphatic heterocycles. The molecule has 19 heavy (non-hydrogen) atoms. The highest BCUT2D eigenvalue weighted by Gasteiger charge is 2.26. The third kappa shape index (κ3) is 3.19. The Morgan fingerprint density at radius 2 is 2.26 bits per heavy atom. The van der Waals surface area contributed by atoms with Gasteiger partial charge in [0.05, 0.1) is 10.6 Å². The molecule has 104 valence electrons. The van der Waals surface area contributed by atoms with Crippen LogP contribution in [0.15, 0.2) is 18.2 Å². The second kappa shape index (κ2) is 5.80. The minimum absolute atomic E-state index is 0.0368. The molecular formula is C14H20ClN3O. The molecule has 1 saturated heterocycles. The van der Waals surface area contributed by atoms with Crippen LogP contribution >= 0.6 is 11.6 Å². The maximum Gasteiger partial charge on any atom is 0.255 e. The van der Waals surface area contributed by atoms with Crippen molar-refractivity contribution in [3.05, 3.63) is 28.8 Å². The Bertz CT molecular complexity index is 478. The summed E-state index contributed by atoms with van der Waals surface area (Å²) in [7, 11) is 3.93. The minimum atomic E-state index is -0.0368. The second-order valence-corrected chi connectivity index (χ2v) is 5.62. The predicted octanol–water partition coefficient (Wildman–Crippen LogP) is 2.09. The summed E-state index contributed by atoms with van der Waals surface area (Å²) < 4.78 is 0. The molecule has 0 aliphatic carbocycles. The summed E-state index contributed by atoms with van der Waals surface area (Å²) in [6.07, 6.45) is 2.16. The zero-order valence-corrected chi connectivity index (χ0v) is 12.2. The monoisotopic (exact) mass is 281 g/mol. The van der Waals surface area contributed by atoms with Crippen molar-refractivity contribution < 1.29 is 4.79 Å². The Labute approximate surface area is 119 Å². The van der Waals surface area contributed by atoms with Crippen molar-refractivity contribution in [3.8, 4) is 0 Å². The van der Waals surface area contributed by atoms with Crippen LogP contribution in [-0.4, -0.2) is 48.9 Å². The first kappa shape index (κ1) is 14.2. The summed E-state index contributed by atoms with van der Waals surface area (Å²) in [4.78, 5) is 16.5. The van der Waals surface area contributed by atoms with E-state index in [4.69, 9.17) is 17.3 Å². The number of hydrogen-bond donors (Lipinski definition) is 1. The largest absolute Gasteiger partial charge is 0.399 e. The average molecular weight is 282 g/mol. The van der Waals surface area contributed by atoms with E-state index in [0.717, 1.165) is 25.9 Å². The first-order valence-corrected chi connectivity index (χ1v) is 6.87. The summed E-state index contributed by atoms with van der Waals surface area (Å²) in [5, 5.41) is 0.418. The normalized spacial score (nSPS) is 20.3. The zero-order valence-electron chi connectivity index (χ0n) is 11.4. The number of benzene rings is 1. The standard InChI is InChI=1S/C14H20ClN3O/c1-17-7-3-4-11(9-17)18(2)14(19)12-6-5-10(16)8-13(12)15/h5-6,8,11H,3-4,7,9,16H2,1-2H3. The van der Waals surface area contributed by atoms with E-state index in [2.05, 4.69) is 11.9 Å². The number of halogens is 1. The maximum atomic E-state index is 12.5. The first-order valence-electron chi connectivity index (χ1n) is 6.50. The topological polar surface area (TPSA) is 49.6 Å². The molecule has 1 aliphatic rings. The number of nitrogen functional groups attached to an aromatic ring is 1. The fraction of sp³-hybridized carbons (Fsp3) is 0.500. The van der Waals surface area contributed by atoms with Crippen LogP contribution in [0.4, 0.5) is 5.69 Å². The van der Waals surface area contributed by atoms with Crippen LogP contribution in [0.25, 0.3) is 0 Å². The molecule has 0 saturated carbocycles. The number of nitrogens with two attached hydrogens (primary N) is 1. The number of hydrogen-bond acceptors (Lipinski definition) is 3. The van der Waals surface area contributed by atoms with Crippen molar-refractivity contribution >= 4 is 23.2 Å². The van der Waals surface area contributed by atoms with Gasteiger partial charge < -0.3 is 15.5 Å². The van der Waals surface area contributed by atoms with Crippen molar-refractivity contribution in [3.63, 3.8) is 0 Å². The summed E-state index contributed by atoms with van der Waals surface area (Å²) in [6, 6.07) is 5.28. The number of likely N-dealkylation sites (tertiary alicyclic amines) is 1. The number of nitrogens with zero attached hydrogens (tertiary/aromatic N) is 2. The van der Waals surface area contributed by atoms with Gasteiger partial charge in [-0.05, 0) is 44.6 Å². The number of anilines is 1. The summed E-state index contributed by atoms with van der Waals surface area (Å²) in [6.45, 7) is 2.01.